The van der Waals surface area contributed by atoms with E-state index in [1.165, 1.54) is 19.1 Å². The number of nitrogens with one attached hydrogen (secondary N) is 2. The van der Waals surface area contributed by atoms with Gasteiger partial charge in [-0.25, -0.2) is 23.1 Å². The quantitative estimate of drug-likeness (QED) is 0.523. The Morgan fingerprint density at radius 3 is 2.49 bits per heavy atom. The predicted molar refractivity (Wildman–Crippen MR) is 110 cm³/mol. The summed E-state index contributed by atoms with van der Waals surface area (Å²) in [5.74, 6) is -1.70. The molecule has 0 radical (unpaired) electrons. The first-order valence-electron chi connectivity index (χ1n) is 10.8. The molecule has 0 bridgehead atoms. The predicted octanol–water partition coefficient (Wildman–Crippen LogP) is 4.27. The van der Waals surface area contributed by atoms with Crippen molar-refractivity contribution in [2.75, 3.05) is 18.5 Å². The van der Waals surface area contributed by atoms with Gasteiger partial charge in [-0.15, -0.1) is 0 Å². The van der Waals surface area contributed by atoms with Crippen molar-refractivity contribution in [3.8, 4) is 0 Å². The van der Waals surface area contributed by atoms with E-state index in [2.05, 4.69) is 15.3 Å². The lowest BCUT2D eigenvalue weighted by Gasteiger charge is -2.22. The summed E-state index contributed by atoms with van der Waals surface area (Å²) < 4.78 is 91.3. The molecular formula is C22H22F6N4O3. The topological polar surface area (TPSA) is 85.4 Å². The van der Waals surface area contributed by atoms with Crippen LogP contribution in [0.2, 0.25) is 0 Å². The summed E-state index contributed by atoms with van der Waals surface area (Å²) in [5, 5.41) is 4.89. The molecule has 1 amide bonds. The van der Waals surface area contributed by atoms with Crippen LogP contribution in [0.3, 0.4) is 0 Å². The van der Waals surface area contributed by atoms with Gasteiger partial charge in [-0.1, -0.05) is 18.2 Å². The van der Waals surface area contributed by atoms with E-state index >= 15 is 0 Å². The molecule has 2 heterocycles. The molecule has 13 heteroatoms. The molecule has 4 rings (SSSR count). The number of benzene rings is 1. The number of halogens is 6. The van der Waals surface area contributed by atoms with Crippen molar-refractivity contribution in [2.45, 2.75) is 57.2 Å². The van der Waals surface area contributed by atoms with Crippen LogP contribution < -0.4 is 10.6 Å². The number of ether oxygens (including phenoxy) is 2. The summed E-state index contributed by atoms with van der Waals surface area (Å²) in [6, 6.07) is 3.60. The third kappa shape index (κ3) is 5.35. The molecule has 1 aliphatic carbocycles. The van der Waals surface area contributed by atoms with Crippen LogP contribution in [0.4, 0.5) is 32.2 Å². The minimum absolute atomic E-state index is 0.0570. The van der Waals surface area contributed by atoms with Gasteiger partial charge < -0.3 is 20.1 Å². The van der Waals surface area contributed by atoms with Gasteiger partial charge in [0, 0.05) is 12.1 Å². The van der Waals surface area contributed by atoms with Gasteiger partial charge in [-0.3, -0.25) is 4.79 Å². The van der Waals surface area contributed by atoms with E-state index in [1.807, 2.05) is 5.32 Å². The minimum Gasteiger partial charge on any atom is -0.365 e. The molecule has 35 heavy (non-hydrogen) atoms. The molecule has 0 atom stereocenters. The number of aromatic nitrogens is 2. The number of amides is 1. The number of carbonyl (C=O) groups is 1. The molecular weight excluding hydrogens is 482 g/mol. The number of hydrogen-bond acceptors (Lipinski definition) is 6. The first-order chi connectivity index (χ1) is 16.5. The Kier molecular flexibility index (Phi) is 6.91. The highest BCUT2D eigenvalue weighted by Gasteiger charge is 2.64. The lowest BCUT2D eigenvalue weighted by Crippen LogP contribution is -2.48. The number of aryl methyl sites for hydroxylation is 1. The fourth-order valence-electron chi connectivity index (χ4n) is 3.83. The number of rotatable bonds is 8. The largest absolute Gasteiger partial charge is 0.411 e. The summed E-state index contributed by atoms with van der Waals surface area (Å²) in [6.45, 7) is 1.69. The number of nitrogens with zero attached hydrogens (tertiary/aromatic N) is 2. The van der Waals surface area contributed by atoms with E-state index < -0.39 is 48.1 Å². The van der Waals surface area contributed by atoms with Crippen LogP contribution in [0.15, 0.2) is 18.2 Å². The van der Waals surface area contributed by atoms with Gasteiger partial charge in [-0.05, 0) is 19.8 Å². The van der Waals surface area contributed by atoms with Crippen LogP contribution in [0, 0.1) is 12.7 Å². The van der Waals surface area contributed by atoms with Crippen LogP contribution in [0.5, 0.6) is 0 Å². The summed E-state index contributed by atoms with van der Waals surface area (Å²) in [7, 11) is 0. The Hall–Kier alpha value is -2.93. The lowest BCUT2D eigenvalue weighted by atomic mass is 10.1. The second-order valence-corrected chi connectivity index (χ2v) is 8.33. The van der Waals surface area contributed by atoms with Crippen molar-refractivity contribution in [3.05, 3.63) is 52.2 Å². The van der Waals surface area contributed by atoms with Gasteiger partial charge in [0.05, 0.1) is 36.5 Å². The molecule has 190 valence electrons. The van der Waals surface area contributed by atoms with Crippen molar-refractivity contribution in [1.29, 1.82) is 0 Å². The Morgan fingerprint density at radius 1 is 1.20 bits per heavy atom. The van der Waals surface area contributed by atoms with Crippen LogP contribution in [-0.4, -0.2) is 40.8 Å². The van der Waals surface area contributed by atoms with Crippen LogP contribution in [0.25, 0.3) is 0 Å². The van der Waals surface area contributed by atoms with Gasteiger partial charge >= 0.3 is 6.18 Å². The minimum atomic E-state index is -4.58. The first-order valence-corrected chi connectivity index (χ1v) is 10.8. The first kappa shape index (κ1) is 25.2. The molecule has 1 aromatic carbocycles. The van der Waals surface area contributed by atoms with Gasteiger partial charge in [0.1, 0.15) is 23.0 Å². The zero-order valence-corrected chi connectivity index (χ0v) is 18.5. The number of alkyl halides is 5. The lowest BCUT2D eigenvalue weighted by molar-refractivity contribution is -0.170. The fraction of sp³-hybridized carbons (Fsp3) is 0.500. The average Bonchev–Trinajstić information content (AvgIpc) is 3.36. The van der Waals surface area contributed by atoms with Crippen molar-refractivity contribution >= 4 is 11.7 Å². The van der Waals surface area contributed by atoms with Crippen molar-refractivity contribution in [3.63, 3.8) is 0 Å². The van der Waals surface area contributed by atoms with E-state index in [9.17, 15) is 31.1 Å². The van der Waals surface area contributed by atoms with Crippen molar-refractivity contribution < 1.29 is 40.6 Å². The highest BCUT2D eigenvalue weighted by Crippen LogP contribution is 2.49. The Labute approximate surface area is 196 Å². The molecule has 0 unspecified atom stereocenters. The maximum absolute atomic E-state index is 14.5. The molecule has 2 N–H and O–H groups in total. The standard InChI is InChI=1S/C22H22F6N4O3/c1-11-30-14(9-15(33)32-21(5-6-21)22(26,27)28)16(20-34-7-8-35-20)19(31-11)29-10-12-3-2-4-13(17(12)23)18(24)25/h2-4,18,20H,5-10H2,1H3,(H,32,33)(H,29,30,31). The summed E-state index contributed by atoms with van der Waals surface area (Å²) >= 11 is 0. The molecule has 2 aromatic rings. The van der Waals surface area contributed by atoms with Crippen molar-refractivity contribution in [2.24, 2.45) is 0 Å². The maximum atomic E-state index is 14.5. The fourth-order valence-corrected chi connectivity index (χ4v) is 3.83. The smallest absolute Gasteiger partial charge is 0.365 e. The molecule has 1 saturated heterocycles. The molecule has 1 aliphatic heterocycles. The Balaban J connectivity index is 1.61. The summed E-state index contributed by atoms with van der Waals surface area (Å²) in [5.41, 5.74) is -2.80. The highest BCUT2D eigenvalue weighted by atomic mass is 19.4. The van der Waals surface area contributed by atoms with E-state index in [0.29, 0.717) is 0 Å². The van der Waals surface area contributed by atoms with Crippen LogP contribution in [0.1, 0.15) is 53.8 Å². The maximum Gasteiger partial charge on any atom is 0.411 e. The summed E-state index contributed by atoms with van der Waals surface area (Å²) in [4.78, 5) is 21.0. The SMILES string of the molecule is Cc1nc(CC(=O)NC2(C(F)(F)F)CC2)c(C2OCCO2)c(NCc2cccc(C(F)F)c2F)n1. The van der Waals surface area contributed by atoms with Gasteiger partial charge in [-0.2, -0.15) is 13.2 Å². The normalized spacial score (nSPS) is 17.6. The monoisotopic (exact) mass is 504 g/mol. The Bertz CT molecular complexity index is 1100. The second-order valence-electron chi connectivity index (χ2n) is 8.33. The van der Waals surface area contributed by atoms with E-state index in [-0.39, 0.29) is 61.1 Å². The molecule has 2 fully saturated rings. The molecule has 2 aliphatic rings. The molecule has 0 spiro atoms. The van der Waals surface area contributed by atoms with E-state index in [4.69, 9.17) is 9.47 Å². The number of hydrogen-bond donors (Lipinski definition) is 2. The van der Waals surface area contributed by atoms with Gasteiger partial charge in [0.2, 0.25) is 5.91 Å². The van der Waals surface area contributed by atoms with Crippen LogP contribution >= 0.6 is 0 Å². The van der Waals surface area contributed by atoms with Crippen molar-refractivity contribution in [1.82, 2.24) is 15.3 Å². The Morgan fingerprint density at radius 2 is 1.89 bits per heavy atom. The second kappa shape index (κ2) is 9.61. The van der Waals surface area contributed by atoms with E-state index in [1.54, 1.807) is 0 Å². The number of carbonyl (C=O) groups excluding carboxylic acids is 1. The zero-order chi connectivity index (χ0) is 25.4. The molecule has 7 nitrogen and oxygen atoms in total. The summed E-state index contributed by atoms with van der Waals surface area (Å²) in [6.07, 6.45) is -9.51. The molecule has 1 aromatic heterocycles. The van der Waals surface area contributed by atoms with Crippen LogP contribution in [-0.2, 0) is 27.2 Å². The van der Waals surface area contributed by atoms with E-state index in [0.717, 1.165) is 6.07 Å². The average molecular weight is 504 g/mol. The molecule has 1 saturated carbocycles. The third-order valence-corrected chi connectivity index (χ3v) is 5.78. The van der Waals surface area contributed by atoms with Gasteiger partial charge in [0.15, 0.2) is 6.29 Å². The third-order valence-electron chi connectivity index (χ3n) is 5.78. The van der Waals surface area contributed by atoms with Gasteiger partial charge in [0.25, 0.3) is 6.43 Å². The number of anilines is 1. The zero-order valence-electron chi connectivity index (χ0n) is 18.5. The highest BCUT2D eigenvalue weighted by molar-refractivity contribution is 5.80.